The van der Waals surface area contributed by atoms with Crippen LogP contribution in [0.5, 0.6) is 0 Å². The van der Waals surface area contributed by atoms with E-state index in [-0.39, 0.29) is 11.3 Å². The fourth-order valence-electron chi connectivity index (χ4n) is 1.51. The van der Waals surface area contributed by atoms with Crippen LogP contribution in [0, 0.1) is 0 Å². The van der Waals surface area contributed by atoms with Gasteiger partial charge in [-0.1, -0.05) is 12.1 Å². The molecule has 0 radical (unpaired) electrons. The maximum Gasteiger partial charge on any atom is 0.335 e. The maximum absolute atomic E-state index is 11.7. The van der Waals surface area contributed by atoms with Crippen LogP contribution in [0.1, 0.15) is 22.3 Å². The highest BCUT2D eigenvalue weighted by molar-refractivity contribution is 7.88. The molecule has 0 aliphatic carbocycles. The number of hydrogen-bond donors (Lipinski definition) is 3. The van der Waals surface area contributed by atoms with Crippen LogP contribution in [0.3, 0.4) is 0 Å². The number of nitrogens with one attached hydrogen (secondary N) is 2. The Morgan fingerprint density at radius 1 is 1.21 bits per heavy atom. The lowest BCUT2D eigenvalue weighted by atomic mass is 10.1. The number of carboxylic acid groups (broad SMARTS) is 1. The largest absolute Gasteiger partial charge is 0.478 e. The van der Waals surface area contributed by atoms with Crippen molar-refractivity contribution in [2.45, 2.75) is 12.2 Å². The first-order valence-electron chi connectivity index (χ1n) is 5.89. The standard InChI is InChI=1S/C12H18N2O4S/c1-13-7-2-8-14-19(17,18)9-10-3-5-11(6-4-10)12(15)16/h3-6,13-14H,2,7-9H2,1H3,(H,15,16). The van der Waals surface area contributed by atoms with Crippen LogP contribution < -0.4 is 10.0 Å². The average Bonchev–Trinajstić information content (AvgIpc) is 2.35. The van der Waals surface area contributed by atoms with Crippen molar-refractivity contribution in [1.29, 1.82) is 0 Å². The number of hydrogen-bond acceptors (Lipinski definition) is 4. The van der Waals surface area contributed by atoms with Gasteiger partial charge in [0.2, 0.25) is 10.0 Å². The Labute approximate surface area is 112 Å². The molecule has 0 bridgehead atoms. The van der Waals surface area contributed by atoms with E-state index in [0.717, 1.165) is 6.54 Å². The van der Waals surface area contributed by atoms with E-state index in [1.807, 2.05) is 0 Å². The minimum absolute atomic E-state index is 0.142. The van der Waals surface area contributed by atoms with Crippen molar-refractivity contribution in [2.75, 3.05) is 20.1 Å². The Morgan fingerprint density at radius 3 is 2.37 bits per heavy atom. The fourth-order valence-corrected chi connectivity index (χ4v) is 2.70. The molecule has 1 rings (SSSR count). The van der Waals surface area contributed by atoms with E-state index in [1.54, 1.807) is 7.05 Å². The minimum Gasteiger partial charge on any atom is -0.478 e. The fraction of sp³-hybridized carbons (Fsp3) is 0.417. The molecule has 0 saturated heterocycles. The number of benzene rings is 1. The smallest absolute Gasteiger partial charge is 0.335 e. The summed E-state index contributed by atoms with van der Waals surface area (Å²) in [5.41, 5.74) is 0.703. The molecule has 1 aromatic rings. The summed E-state index contributed by atoms with van der Waals surface area (Å²) in [6, 6.07) is 5.81. The predicted molar refractivity (Wildman–Crippen MR) is 72.6 cm³/mol. The average molecular weight is 286 g/mol. The second-order valence-corrected chi connectivity index (χ2v) is 5.92. The molecular weight excluding hydrogens is 268 g/mol. The summed E-state index contributed by atoms with van der Waals surface area (Å²) in [7, 11) is -1.57. The van der Waals surface area contributed by atoms with Gasteiger partial charge in [-0.15, -0.1) is 0 Å². The van der Waals surface area contributed by atoms with E-state index in [0.29, 0.717) is 18.5 Å². The van der Waals surface area contributed by atoms with Gasteiger partial charge in [0.25, 0.3) is 0 Å². The van der Waals surface area contributed by atoms with Crippen molar-refractivity contribution in [1.82, 2.24) is 10.0 Å². The van der Waals surface area contributed by atoms with Crippen LogP contribution in [-0.2, 0) is 15.8 Å². The summed E-state index contributed by atoms with van der Waals surface area (Å²) in [5, 5.41) is 11.7. The Morgan fingerprint density at radius 2 is 1.84 bits per heavy atom. The lowest BCUT2D eigenvalue weighted by Gasteiger charge is -2.07. The van der Waals surface area contributed by atoms with Crippen LogP contribution in [-0.4, -0.2) is 39.6 Å². The summed E-state index contributed by atoms with van der Waals surface area (Å²) >= 11 is 0. The zero-order valence-corrected chi connectivity index (χ0v) is 11.5. The van der Waals surface area contributed by atoms with Gasteiger partial charge < -0.3 is 10.4 Å². The minimum atomic E-state index is -3.37. The molecule has 6 nitrogen and oxygen atoms in total. The Hall–Kier alpha value is -1.44. The normalized spacial score (nSPS) is 11.4. The topological polar surface area (TPSA) is 95.5 Å². The maximum atomic E-state index is 11.7. The van der Waals surface area contributed by atoms with Gasteiger partial charge in [0, 0.05) is 6.54 Å². The molecule has 19 heavy (non-hydrogen) atoms. The number of carbonyl (C=O) groups is 1. The van der Waals surface area contributed by atoms with E-state index in [1.165, 1.54) is 24.3 Å². The molecule has 0 aromatic heterocycles. The van der Waals surface area contributed by atoms with Crippen LogP contribution in [0.15, 0.2) is 24.3 Å². The second kappa shape index (κ2) is 7.22. The summed E-state index contributed by atoms with van der Waals surface area (Å²) in [4.78, 5) is 10.7. The molecule has 0 spiro atoms. The highest BCUT2D eigenvalue weighted by atomic mass is 32.2. The SMILES string of the molecule is CNCCCNS(=O)(=O)Cc1ccc(C(=O)O)cc1. The highest BCUT2D eigenvalue weighted by Gasteiger charge is 2.11. The first kappa shape index (κ1) is 15.6. The van der Waals surface area contributed by atoms with Crippen LogP contribution in [0.4, 0.5) is 0 Å². The molecule has 0 aliphatic rings. The van der Waals surface area contributed by atoms with Crippen molar-refractivity contribution in [3.63, 3.8) is 0 Å². The Bertz CT molecular complexity index is 511. The van der Waals surface area contributed by atoms with Gasteiger partial charge in [-0.05, 0) is 37.7 Å². The summed E-state index contributed by atoms with van der Waals surface area (Å²) in [5.74, 6) is -1.17. The third-order valence-corrected chi connectivity index (χ3v) is 3.84. The van der Waals surface area contributed by atoms with Gasteiger partial charge in [-0.3, -0.25) is 0 Å². The zero-order valence-electron chi connectivity index (χ0n) is 10.7. The molecule has 7 heteroatoms. The van der Waals surface area contributed by atoms with E-state index in [4.69, 9.17) is 5.11 Å². The Kier molecular flexibility index (Phi) is 5.94. The third kappa shape index (κ3) is 5.82. The van der Waals surface area contributed by atoms with E-state index < -0.39 is 16.0 Å². The molecule has 3 N–H and O–H groups in total. The second-order valence-electron chi connectivity index (χ2n) is 4.11. The van der Waals surface area contributed by atoms with Gasteiger partial charge in [-0.25, -0.2) is 17.9 Å². The van der Waals surface area contributed by atoms with Crippen molar-refractivity contribution >= 4 is 16.0 Å². The molecule has 1 aromatic carbocycles. The molecular formula is C12H18N2O4S. The molecule has 0 amide bonds. The molecule has 0 atom stereocenters. The summed E-state index contributed by atoms with van der Waals surface area (Å²) < 4.78 is 26.0. The highest BCUT2D eigenvalue weighted by Crippen LogP contribution is 2.07. The van der Waals surface area contributed by atoms with Crippen molar-refractivity contribution in [3.8, 4) is 0 Å². The van der Waals surface area contributed by atoms with Gasteiger partial charge in [0.05, 0.1) is 11.3 Å². The van der Waals surface area contributed by atoms with E-state index in [9.17, 15) is 13.2 Å². The van der Waals surface area contributed by atoms with E-state index >= 15 is 0 Å². The van der Waals surface area contributed by atoms with Crippen LogP contribution in [0.2, 0.25) is 0 Å². The number of aromatic carboxylic acids is 1. The van der Waals surface area contributed by atoms with Crippen LogP contribution >= 0.6 is 0 Å². The number of carboxylic acids is 1. The van der Waals surface area contributed by atoms with E-state index in [2.05, 4.69) is 10.0 Å². The lowest BCUT2D eigenvalue weighted by Crippen LogP contribution is -2.27. The number of rotatable bonds is 8. The molecule has 0 unspecified atom stereocenters. The zero-order chi connectivity index (χ0) is 14.3. The van der Waals surface area contributed by atoms with Gasteiger partial charge in [0.15, 0.2) is 0 Å². The van der Waals surface area contributed by atoms with Crippen LogP contribution in [0.25, 0.3) is 0 Å². The predicted octanol–water partition coefficient (Wildman–Crippen LogP) is 0.414. The third-order valence-electron chi connectivity index (χ3n) is 2.48. The first-order valence-corrected chi connectivity index (χ1v) is 7.54. The monoisotopic (exact) mass is 286 g/mol. The first-order chi connectivity index (χ1) is 8.94. The van der Waals surface area contributed by atoms with Gasteiger partial charge in [0.1, 0.15) is 0 Å². The molecule has 0 aliphatic heterocycles. The van der Waals surface area contributed by atoms with Crippen molar-refractivity contribution in [2.24, 2.45) is 0 Å². The van der Waals surface area contributed by atoms with Gasteiger partial charge in [-0.2, -0.15) is 0 Å². The molecule has 0 heterocycles. The summed E-state index contributed by atoms with van der Waals surface area (Å²) in [6.07, 6.45) is 0.716. The molecule has 0 saturated carbocycles. The quantitative estimate of drug-likeness (QED) is 0.602. The molecule has 0 fully saturated rings. The molecule has 106 valence electrons. The Balaban J connectivity index is 2.55. The number of sulfonamides is 1. The lowest BCUT2D eigenvalue weighted by molar-refractivity contribution is 0.0697. The van der Waals surface area contributed by atoms with Crippen molar-refractivity contribution in [3.05, 3.63) is 35.4 Å². The summed E-state index contributed by atoms with van der Waals surface area (Å²) in [6.45, 7) is 1.13. The van der Waals surface area contributed by atoms with Crippen molar-refractivity contribution < 1.29 is 18.3 Å². The van der Waals surface area contributed by atoms with Gasteiger partial charge >= 0.3 is 5.97 Å².